The molecule has 0 fully saturated rings. The first-order valence-corrected chi connectivity index (χ1v) is 10.4. The van der Waals surface area contributed by atoms with Crippen LogP contribution in [0.2, 0.25) is 0 Å². The van der Waals surface area contributed by atoms with Crippen LogP contribution in [0.1, 0.15) is 11.1 Å². The number of fused-ring (bicyclic) bond motifs is 1. The quantitative estimate of drug-likeness (QED) is 0.367. The van der Waals surface area contributed by atoms with E-state index in [2.05, 4.69) is 20.6 Å². The van der Waals surface area contributed by atoms with Crippen molar-refractivity contribution in [2.75, 3.05) is 5.32 Å². The normalized spacial score (nSPS) is 11.1. The zero-order chi connectivity index (χ0) is 21.4. The molecule has 5 aromatic rings. The SMILES string of the molecule is Cc1ccc(-[n+]2[nH]oc(=O)c2-c2csc(NCc3ccc4cccnc4c3O)n2)cc1. The summed E-state index contributed by atoms with van der Waals surface area (Å²) in [6.45, 7) is 2.36. The highest BCUT2D eigenvalue weighted by atomic mass is 32.1. The van der Waals surface area contributed by atoms with Crippen LogP contribution in [-0.2, 0) is 6.54 Å². The van der Waals surface area contributed by atoms with Crippen LogP contribution >= 0.6 is 11.3 Å². The Morgan fingerprint density at radius 2 is 2.03 bits per heavy atom. The predicted octanol–water partition coefficient (Wildman–Crippen LogP) is 3.54. The first kappa shape index (κ1) is 19.0. The number of phenols is 1. The van der Waals surface area contributed by atoms with Gasteiger partial charge in [0, 0.05) is 41.2 Å². The molecule has 0 atom stereocenters. The molecule has 0 saturated heterocycles. The summed E-state index contributed by atoms with van der Waals surface area (Å²) in [7, 11) is 0. The Hall–Kier alpha value is -3.98. The number of pyridine rings is 1. The number of nitrogens with zero attached hydrogens (tertiary/aromatic N) is 3. The van der Waals surface area contributed by atoms with E-state index in [9.17, 15) is 9.90 Å². The molecule has 3 aromatic heterocycles. The molecular weight excluding hydrogens is 414 g/mol. The van der Waals surface area contributed by atoms with Crippen LogP contribution in [0.15, 0.2) is 69.4 Å². The molecule has 3 heterocycles. The van der Waals surface area contributed by atoms with Gasteiger partial charge in [-0.3, -0.25) is 9.51 Å². The van der Waals surface area contributed by atoms with Crippen molar-refractivity contribution < 1.29 is 14.3 Å². The third-order valence-electron chi connectivity index (χ3n) is 4.95. The maximum absolute atomic E-state index is 12.3. The Morgan fingerprint density at radius 1 is 1.19 bits per heavy atom. The fourth-order valence-electron chi connectivity index (χ4n) is 3.32. The number of benzene rings is 2. The number of aromatic hydroxyl groups is 1. The van der Waals surface area contributed by atoms with Crippen LogP contribution in [0.5, 0.6) is 5.75 Å². The Kier molecular flexibility index (Phi) is 4.72. The number of phenolic OH excluding ortho intramolecular Hbond substituents is 1. The van der Waals surface area contributed by atoms with E-state index >= 15 is 0 Å². The molecule has 0 spiro atoms. The lowest BCUT2D eigenvalue weighted by Gasteiger charge is -2.07. The fourth-order valence-corrected chi connectivity index (χ4v) is 4.01. The standard InChI is InChI=1S/C22H17N5O3S/c1-13-4-8-16(9-5-13)27-19(21(29)30-26-27)17-12-31-22(25-17)24-11-15-7-6-14-3-2-10-23-18(14)20(15)28/h2-10,12H,11H2,1H3,(H2-,24,25,26,28,29)/p+1. The Bertz CT molecular complexity index is 1440. The number of aryl methyl sites for hydroxylation is 1. The van der Waals surface area contributed by atoms with Gasteiger partial charge < -0.3 is 10.4 Å². The monoisotopic (exact) mass is 432 g/mol. The predicted molar refractivity (Wildman–Crippen MR) is 117 cm³/mol. The molecule has 9 heteroatoms. The lowest BCUT2D eigenvalue weighted by Crippen LogP contribution is -2.36. The van der Waals surface area contributed by atoms with Crippen molar-refractivity contribution in [2.24, 2.45) is 0 Å². The number of H-pyrrole nitrogens is 1. The van der Waals surface area contributed by atoms with E-state index in [1.165, 1.54) is 11.3 Å². The number of anilines is 1. The molecule has 8 nitrogen and oxygen atoms in total. The number of thiazole rings is 1. The van der Waals surface area contributed by atoms with Crippen molar-refractivity contribution in [2.45, 2.75) is 13.5 Å². The Balaban J connectivity index is 1.40. The number of hydrogen-bond donors (Lipinski definition) is 3. The number of nitrogens with one attached hydrogen (secondary N) is 2. The molecule has 2 aromatic carbocycles. The summed E-state index contributed by atoms with van der Waals surface area (Å²) in [6.07, 6.45) is 1.65. The van der Waals surface area contributed by atoms with Crippen LogP contribution in [0, 0.1) is 6.92 Å². The van der Waals surface area contributed by atoms with Crippen molar-refractivity contribution in [1.29, 1.82) is 0 Å². The molecule has 31 heavy (non-hydrogen) atoms. The first-order chi connectivity index (χ1) is 15.1. The van der Waals surface area contributed by atoms with Gasteiger partial charge in [-0.15, -0.1) is 11.3 Å². The van der Waals surface area contributed by atoms with Gasteiger partial charge in [-0.05, 0) is 22.9 Å². The topological polar surface area (TPSA) is 108 Å². The van der Waals surface area contributed by atoms with Crippen molar-refractivity contribution in [3.05, 3.63) is 81.7 Å². The minimum Gasteiger partial charge on any atom is -0.505 e. The molecule has 0 saturated carbocycles. The van der Waals surface area contributed by atoms with Gasteiger partial charge in [-0.1, -0.05) is 35.9 Å². The second-order valence-electron chi connectivity index (χ2n) is 7.04. The van der Waals surface area contributed by atoms with Crippen LogP contribution < -0.4 is 15.6 Å². The minimum absolute atomic E-state index is 0.144. The average molecular weight is 432 g/mol. The molecule has 0 aliphatic rings. The van der Waals surface area contributed by atoms with Gasteiger partial charge in [-0.25, -0.2) is 9.78 Å². The summed E-state index contributed by atoms with van der Waals surface area (Å²) in [5.41, 5.74) is 3.45. The van der Waals surface area contributed by atoms with Crippen molar-refractivity contribution >= 4 is 27.4 Å². The summed E-state index contributed by atoms with van der Waals surface area (Å²) >= 11 is 1.36. The van der Waals surface area contributed by atoms with E-state index in [0.29, 0.717) is 34.1 Å². The molecule has 3 N–H and O–H groups in total. The summed E-state index contributed by atoms with van der Waals surface area (Å²) in [6, 6.07) is 15.2. The van der Waals surface area contributed by atoms with E-state index in [-0.39, 0.29) is 5.75 Å². The summed E-state index contributed by atoms with van der Waals surface area (Å²) < 4.78 is 6.59. The molecule has 0 aliphatic carbocycles. The smallest absolute Gasteiger partial charge is 0.437 e. The van der Waals surface area contributed by atoms with E-state index < -0.39 is 5.63 Å². The van der Waals surface area contributed by atoms with Crippen LogP contribution in [-0.4, -0.2) is 20.3 Å². The largest absolute Gasteiger partial charge is 0.505 e. The summed E-state index contributed by atoms with van der Waals surface area (Å²) in [5.74, 6) is 0.144. The van der Waals surface area contributed by atoms with Gasteiger partial charge in [0.15, 0.2) is 10.8 Å². The lowest BCUT2D eigenvalue weighted by atomic mass is 10.1. The van der Waals surface area contributed by atoms with Crippen molar-refractivity contribution in [3.8, 4) is 22.8 Å². The van der Waals surface area contributed by atoms with Crippen LogP contribution in [0.25, 0.3) is 28.0 Å². The van der Waals surface area contributed by atoms with E-state index in [4.69, 9.17) is 4.52 Å². The zero-order valence-corrected chi connectivity index (χ0v) is 17.3. The average Bonchev–Trinajstić information content (AvgIpc) is 3.40. The highest BCUT2D eigenvalue weighted by molar-refractivity contribution is 7.14. The molecule has 0 aliphatic heterocycles. The second-order valence-corrected chi connectivity index (χ2v) is 7.90. The number of aromatic nitrogens is 4. The van der Waals surface area contributed by atoms with Gasteiger partial charge in [0.25, 0.3) is 0 Å². The van der Waals surface area contributed by atoms with Crippen LogP contribution in [0.4, 0.5) is 5.13 Å². The van der Waals surface area contributed by atoms with Gasteiger partial charge in [-0.2, -0.15) is 0 Å². The second kappa shape index (κ2) is 7.69. The van der Waals surface area contributed by atoms with Crippen molar-refractivity contribution in [1.82, 2.24) is 15.2 Å². The number of hydrogen-bond acceptors (Lipinski definition) is 7. The third kappa shape index (κ3) is 3.55. The highest BCUT2D eigenvalue weighted by Gasteiger charge is 2.27. The van der Waals surface area contributed by atoms with Crippen LogP contribution in [0.3, 0.4) is 0 Å². The molecule has 0 unspecified atom stereocenters. The minimum atomic E-state index is -0.504. The first-order valence-electron chi connectivity index (χ1n) is 9.56. The maximum atomic E-state index is 12.3. The molecule has 0 amide bonds. The molecule has 0 radical (unpaired) electrons. The molecule has 0 bridgehead atoms. The fraction of sp³-hybridized carbons (Fsp3) is 0.0909. The number of aromatic amines is 1. The Morgan fingerprint density at radius 3 is 2.87 bits per heavy atom. The maximum Gasteiger partial charge on any atom is 0.437 e. The van der Waals surface area contributed by atoms with E-state index in [1.54, 1.807) is 16.3 Å². The van der Waals surface area contributed by atoms with Gasteiger partial charge in [0.1, 0.15) is 11.3 Å². The Labute approximate surface area is 180 Å². The third-order valence-corrected chi connectivity index (χ3v) is 5.75. The van der Waals surface area contributed by atoms with E-state index in [1.807, 2.05) is 55.5 Å². The lowest BCUT2D eigenvalue weighted by molar-refractivity contribution is -0.660. The van der Waals surface area contributed by atoms with Crippen molar-refractivity contribution in [3.63, 3.8) is 0 Å². The van der Waals surface area contributed by atoms with Gasteiger partial charge in [0.05, 0.1) is 0 Å². The van der Waals surface area contributed by atoms with Gasteiger partial charge in [0.2, 0.25) is 5.69 Å². The molecular formula is C22H18N5O3S+. The summed E-state index contributed by atoms with van der Waals surface area (Å²) in [5, 5.41) is 19.6. The van der Waals surface area contributed by atoms with Gasteiger partial charge >= 0.3 is 11.3 Å². The zero-order valence-electron chi connectivity index (χ0n) is 16.5. The van der Waals surface area contributed by atoms with E-state index in [0.717, 1.165) is 16.6 Å². The molecule has 154 valence electrons. The highest BCUT2D eigenvalue weighted by Crippen LogP contribution is 2.28. The summed E-state index contributed by atoms with van der Waals surface area (Å²) in [4.78, 5) is 21.1. The molecule has 5 rings (SSSR count). The number of rotatable bonds is 5.